The Kier molecular flexibility index (Phi) is 4.37. The van der Waals surface area contributed by atoms with Gasteiger partial charge >= 0.3 is 0 Å². The smallest absolute Gasteiger partial charge is 0.257 e. The van der Waals surface area contributed by atoms with E-state index < -0.39 is 0 Å². The lowest BCUT2D eigenvalue weighted by Gasteiger charge is -2.11. The molecule has 0 saturated carbocycles. The number of anilines is 1. The maximum Gasteiger partial charge on any atom is 0.257 e. The van der Waals surface area contributed by atoms with Crippen molar-refractivity contribution in [1.82, 2.24) is 19.9 Å². The van der Waals surface area contributed by atoms with Gasteiger partial charge in [-0.1, -0.05) is 30.3 Å². The molecule has 4 aromatic rings. The number of amides is 1. The predicted octanol–water partition coefficient (Wildman–Crippen LogP) is 3.06. The van der Waals surface area contributed by atoms with Gasteiger partial charge in [0.2, 0.25) is 0 Å². The van der Waals surface area contributed by atoms with Crippen LogP contribution in [0.3, 0.4) is 0 Å². The number of benzene rings is 2. The molecule has 0 radical (unpaired) electrons. The number of para-hydroxylation sites is 3. The maximum absolute atomic E-state index is 13.1. The first-order valence-electron chi connectivity index (χ1n) is 9.74. The zero-order valence-corrected chi connectivity index (χ0v) is 15.8. The molecule has 1 saturated heterocycles. The van der Waals surface area contributed by atoms with Crippen molar-refractivity contribution in [3.8, 4) is 5.69 Å². The minimum Gasteiger partial charge on any atom is -0.384 e. The summed E-state index contributed by atoms with van der Waals surface area (Å²) in [5.41, 5.74) is 10.2. The number of nitrogens with zero attached hydrogens (tertiary/aromatic N) is 3. The minimum atomic E-state index is -0.262. The van der Waals surface area contributed by atoms with E-state index in [4.69, 9.17) is 20.4 Å². The Labute approximate surface area is 167 Å². The highest BCUT2D eigenvalue weighted by atomic mass is 16.5. The van der Waals surface area contributed by atoms with E-state index in [1.165, 1.54) is 0 Å². The van der Waals surface area contributed by atoms with E-state index in [-0.39, 0.29) is 12.0 Å². The van der Waals surface area contributed by atoms with Crippen LogP contribution in [0, 0.1) is 0 Å². The average molecular weight is 387 g/mol. The molecule has 5 rings (SSSR count). The molecule has 2 aromatic carbocycles. The van der Waals surface area contributed by atoms with Crippen LogP contribution in [0.5, 0.6) is 0 Å². The fourth-order valence-electron chi connectivity index (χ4n) is 3.82. The molecule has 1 aliphatic rings. The van der Waals surface area contributed by atoms with Gasteiger partial charge in [-0.05, 0) is 37.1 Å². The summed E-state index contributed by atoms with van der Waals surface area (Å²) >= 11 is 0. The molecule has 3 heterocycles. The highest BCUT2D eigenvalue weighted by Crippen LogP contribution is 2.30. The number of nitrogens with two attached hydrogens (primary N) is 1. The van der Waals surface area contributed by atoms with Gasteiger partial charge in [-0.2, -0.15) is 0 Å². The molecule has 1 atom stereocenters. The third kappa shape index (κ3) is 3.09. The van der Waals surface area contributed by atoms with Crippen LogP contribution in [0.1, 0.15) is 23.2 Å². The molecular weight excluding hydrogens is 366 g/mol. The molecule has 0 bridgehead atoms. The van der Waals surface area contributed by atoms with Crippen LogP contribution in [0.25, 0.3) is 27.9 Å². The Balaban J connectivity index is 1.66. The van der Waals surface area contributed by atoms with Crippen molar-refractivity contribution in [2.24, 2.45) is 0 Å². The van der Waals surface area contributed by atoms with Crippen LogP contribution in [0.4, 0.5) is 5.82 Å². The second kappa shape index (κ2) is 7.18. The van der Waals surface area contributed by atoms with Gasteiger partial charge in [-0.25, -0.2) is 9.97 Å². The van der Waals surface area contributed by atoms with E-state index in [2.05, 4.69) is 5.32 Å². The summed E-state index contributed by atoms with van der Waals surface area (Å²) in [5, 5.41) is 2.96. The molecule has 1 fully saturated rings. The quantitative estimate of drug-likeness (QED) is 0.561. The van der Waals surface area contributed by atoms with Crippen LogP contribution in [0.2, 0.25) is 0 Å². The molecule has 3 N–H and O–H groups in total. The first kappa shape index (κ1) is 17.6. The van der Waals surface area contributed by atoms with E-state index >= 15 is 0 Å². The molecule has 7 heteroatoms. The SMILES string of the molecule is Nc1c(C(=O)NC[C@H]2CCCO2)c2nc3ccccc3nc2n1-c1ccccc1. The summed E-state index contributed by atoms with van der Waals surface area (Å²) < 4.78 is 7.40. The summed E-state index contributed by atoms with van der Waals surface area (Å²) in [4.78, 5) is 22.6. The molecule has 146 valence electrons. The topological polar surface area (TPSA) is 95.1 Å². The number of carbonyl (C=O) groups is 1. The minimum absolute atomic E-state index is 0.0505. The van der Waals surface area contributed by atoms with Crippen molar-refractivity contribution in [2.45, 2.75) is 18.9 Å². The molecule has 1 amide bonds. The summed E-state index contributed by atoms with van der Waals surface area (Å²) in [6, 6.07) is 17.2. The van der Waals surface area contributed by atoms with E-state index in [1.54, 1.807) is 4.57 Å². The van der Waals surface area contributed by atoms with Crippen molar-refractivity contribution < 1.29 is 9.53 Å². The van der Waals surface area contributed by atoms with E-state index in [1.807, 2.05) is 54.6 Å². The summed E-state index contributed by atoms with van der Waals surface area (Å²) in [6.07, 6.45) is 2.02. The molecule has 0 spiro atoms. The molecule has 29 heavy (non-hydrogen) atoms. The number of fused-ring (bicyclic) bond motifs is 2. The van der Waals surface area contributed by atoms with E-state index in [0.29, 0.717) is 29.1 Å². The van der Waals surface area contributed by atoms with Crippen molar-refractivity contribution in [1.29, 1.82) is 0 Å². The van der Waals surface area contributed by atoms with Gasteiger partial charge in [0.1, 0.15) is 16.9 Å². The first-order valence-corrected chi connectivity index (χ1v) is 9.74. The normalized spacial score (nSPS) is 16.5. The van der Waals surface area contributed by atoms with Gasteiger partial charge in [-0.15, -0.1) is 0 Å². The van der Waals surface area contributed by atoms with Gasteiger partial charge in [0.05, 0.1) is 17.1 Å². The number of nitrogen functional groups attached to an aromatic ring is 1. The molecular formula is C22H21N5O2. The number of ether oxygens (including phenoxy) is 1. The number of hydrogen-bond donors (Lipinski definition) is 2. The van der Waals surface area contributed by atoms with Gasteiger partial charge in [0, 0.05) is 18.8 Å². The lowest BCUT2D eigenvalue weighted by molar-refractivity contribution is 0.0859. The van der Waals surface area contributed by atoms with Crippen LogP contribution in [-0.2, 0) is 4.74 Å². The van der Waals surface area contributed by atoms with Gasteiger partial charge in [0.25, 0.3) is 5.91 Å². The van der Waals surface area contributed by atoms with Crippen molar-refractivity contribution in [3.05, 3.63) is 60.2 Å². The predicted molar refractivity (Wildman–Crippen MR) is 112 cm³/mol. The number of nitrogens with one attached hydrogen (secondary N) is 1. The van der Waals surface area contributed by atoms with Gasteiger partial charge in [-0.3, -0.25) is 9.36 Å². The third-order valence-corrected chi connectivity index (χ3v) is 5.25. The standard InChI is InChI=1S/C22H21N5O2/c23-20-18(22(28)24-13-15-9-6-12-29-15)19-21(27(20)14-7-2-1-3-8-14)26-17-11-5-4-10-16(17)25-19/h1-5,7-8,10-11,15H,6,9,12-13,23H2,(H,24,28)/t15-/m1/s1. The number of rotatable bonds is 4. The zero-order valence-electron chi connectivity index (χ0n) is 15.8. The highest BCUT2D eigenvalue weighted by Gasteiger charge is 2.25. The number of hydrogen-bond acceptors (Lipinski definition) is 5. The highest BCUT2D eigenvalue weighted by molar-refractivity contribution is 6.11. The Morgan fingerprint density at radius 3 is 2.55 bits per heavy atom. The monoisotopic (exact) mass is 387 g/mol. The maximum atomic E-state index is 13.1. The van der Waals surface area contributed by atoms with E-state index in [9.17, 15) is 4.79 Å². The van der Waals surface area contributed by atoms with Crippen LogP contribution >= 0.6 is 0 Å². The largest absolute Gasteiger partial charge is 0.384 e. The van der Waals surface area contributed by atoms with Crippen LogP contribution in [0.15, 0.2) is 54.6 Å². The fourth-order valence-corrected chi connectivity index (χ4v) is 3.82. The lowest BCUT2D eigenvalue weighted by Crippen LogP contribution is -2.32. The number of carbonyl (C=O) groups excluding carboxylic acids is 1. The van der Waals surface area contributed by atoms with Crippen molar-refractivity contribution in [2.75, 3.05) is 18.9 Å². The van der Waals surface area contributed by atoms with E-state index in [0.717, 1.165) is 36.2 Å². The Morgan fingerprint density at radius 1 is 1.10 bits per heavy atom. The summed E-state index contributed by atoms with van der Waals surface area (Å²) in [6.45, 7) is 1.20. The number of aromatic nitrogens is 3. The zero-order chi connectivity index (χ0) is 19.8. The van der Waals surface area contributed by atoms with Gasteiger partial charge in [0.15, 0.2) is 5.65 Å². The molecule has 0 aliphatic carbocycles. The Bertz CT molecular complexity index is 1200. The molecule has 2 aromatic heterocycles. The lowest BCUT2D eigenvalue weighted by atomic mass is 10.2. The van der Waals surface area contributed by atoms with Crippen LogP contribution in [-0.4, -0.2) is 39.7 Å². The van der Waals surface area contributed by atoms with Crippen molar-refractivity contribution in [3.63, 3.8) is 0 Å². The van der Waals surface area contributed by atoms with Crippen LogP contribution < -0.4 is 11.1 Å². The van der Waals surface area contributed by atoms with Gasteiger partial charge < -0.3 is 15.8 Å². The molecule has 1 aliphatic heterocycles. The Hall–Kier alpha value is -3.45. The summed E-state index contributed by atoms with van der Waals surface area (Å²) in [5.74, 6) is 0.0635. The third-order valence-electron chi connectivity index (χ3n) is 5.25. The second-order valence-corrected chi connectivity index (χ2v) is 7.16. The fraction of sp³-hybridized carbons (Fsp3) is 0.227. The first-order chi connectivity index (χ1) is 14.2. The molecule has 7 nitrogen and oxygen atoms in total. The van der Waals surface area contributed by atoms with Crippen molar-refractivity contribution >= 4 is 33.9 Å². The average Bonchev–Trinajstić information content (AvgIpc) is 3.36. The Morgan fingerprint density at radius 2 is 1.83 bits per heavy atom. The second-order valence-electron chi connectivity index (χ2n) is 7.16. The summed E-state index contributed by atoms with van der Waals surface area (Å²) in [7, 11) is 0. The molecule has 0 unspecified atom stereocenters.